The van der Waals surface area contributed by atoms with E-state index in [1.54, 1.807) is 0 Å². The van der Waals surface area contributed by atoms with Crippen LogP contribution in [0.1, 0.15) is 310 Å². The van der Waals surface area contributed by atoms with Crippen molar-refractivity contribution in [3.8, 4) is 0 Å². The van der Waals surface area contributed by atoms with Gasteiger partial charge in [-0.1, -0.05) is 258 Å². The monoisotopic (exact) mass is 875 g/mol. The van der Waals surface area contributed by atoms with Crippen LogP contribution >= 0.6 is 0 Å². The fourth-order valence-electron chi connectivity index (χ4n) is 8.32. The molecule has 62 heavy (non-hydrogen) atoms. The molecule has 366 valence electrons. The molecular weight excluding hydrogens is 769 g/mol. The minimum Gasteiger partial charge on any atom is -0.462 e. The molecule has 0 aliphatic carbocycles. The standard InChI is InChI=1S/C56H106O6/c1-4-7-10-13-16-19-22-25-27-29-32-35-38-41-44-47-50-56(59)62-53(51-60-54(57)48-45-42-39-36-33-30-24-21-18-15-12-9-6-3)52-61-55(58)49-46-43-40-37-34-31-28-26-23-20-17-14-11-8-5-2/h22,25,53H,4-21,23-24,26-52H2,1-3H3/b25-22-. The van der Waals surface area contributed by atoms with Crippen LogP contribution in [0, 0.1) is 0 Å². The molecule has 0 heterocycles. The third-order valence-electron chi connectivity index (χ3n) is 12.5. The first kappa shape index (κ1) is 60.2. The second-order valence-corrected chi connectivity index (χ2v) is 18.9. The topological polar surface area (TPSA) is 78.9 Å². The third kappa shape index (κ3) is 49.2. The number of carbonyl (C=O) groups excluding carboxylic acids is 3. The SMILES string of the molecule is CCCCCCC/C=C\CCCCCCCCCC(=O)OC(COC(=O)CCCCCCCCCCCCCCC)COC(=O)CCCCCCCCCCCCCCCCC. The van der Waals surface area contributed by atoms with Gasteiger partial charge < -0.3 is 14.2 Å². The maximum Gasteiger partial charge on any atom is 0.306 e. The number of hydrogen-bond acceptors (Lipinski definition) is 6. The maximum atomic E-state index is 12.8. The van der Waals surface area contributed by atoms with Gasteiger partial charge in [0.25, 0.3) is 0 Å². The highest BCUT2D eigenvalue weighted by Crippen LogP contribution is 2.17. The number of esters is 3. The molecule has 0 saturated heterocycles. The van der Waals surface area contributed by atoms with Crippen molar-refractivity contribution in [3.05, 3.63) is 12.2 Å². The van der Waals surface area contributed by atoms with Gasteiger partial charge in [-0.2, -0.15) is 0 Å². The van der Waals surface area contributed by atoms with Crippen LogP contribution in [0.5, 0.6) is 0 Å². The van der Waals surface area contributed by atoms with Crippen LogP contribution in [0.2, 0.25) is 0 Å². The lowest BCUT2D eigenvalue weighted by Gasteiger charge is -2.18. The highest BCUT2D eigenvalue weighted by Gasteiger charge is 2.19. The molecule has 0 saturated carbocycles. The van der Waals surface area contributed by atoms with Gasteiger partial charge >= 0.3 is 17.9 Å². The van der Waals surface area contributed by atoms with Gasteiger partial charge in [-0.3, -0.25) is 14.4 Å². The number of rotatable bonds is 51. The van der Waals surface area contributed by atoms with Gasteiger partial charge in [-0.05, 0) is 44.9 Å². The first-order valence-corrected chi connectivity index (χ1v) is 27.7. The van der Waals surface area contributed by atoms with E-state index < -0.39 is 6.10 Å². The van der Waals surface area contributed by atoms with Gasteiger partial charge in [0.15, 0.2) is 6.10 Å². The lowest BCUT2D eigenvalue weighted by atomic mass is 10.0. The predicted molar refractivity (Wildman–Crippen MR) is 266 cm³/mol. The van der Waals surface area contributed by atoms with Crippen molar-refractivity contribution in [2.75, 3.05) is 13.2 Å². The zero-order chi connectivity index (χ0) is 45.1. The van der Waals surface area contributed by atoms with Crippen LogP contribution < -0.4 is 0 Å². The van der Waals surface area contributed by atoms with Gasteiger partial charge in [0.05, 0.1) is 0 Å². The van der Waals surface area contributed by atoms with E-state index >= 15 is 0 Å². The largest absolute Gasteiger partial charge is 0.462 e. The summed E-state index contributed by atoms with van der Waals surface area (Å²) in [5, 5.41) is 0. The van der Waals surface area contributed by atoms with E-state index in [1.807, 2.05) is 0 Å². The maximum absolute atomic E-state index is 12.8. The predicted octanol–water partition coefficient (Wildman–Crippen LogP) is 18.2. The summed E-state index contributed by atoms with van der Waals surface area (Å²) >= 11 is 0. The van der Waals surface area contributed by atoms with E-state index in [4.69, 9.17) is 14.2 Å². The van der Waals surface area contributed by atoms with E-state index in [9.17, 15) is 14.4 Å². The molecule has 1 unspecified atom stereocenters. The zero-order valence-electron chi connectivity index (χ0n) is 41.9. The summed E-state index contributed by atoms with van der Waals surface area (Å²) in [6, 6.07) is 0. The molecule has 0 amide bonds. The van der Waals surface area contributed by atoms with Crippen molar-refractivity contribution in [1.29, 1.82) is 0 Å². The third-order valence-corrected chi connectivity index (χ3v) is 12.5. The normalized spacial score (nSPS) is 12.0. The number of carbonyl (C=O) groups is 3. The van der Waals surface area contributed by atoms with Crippen LogP contribution in [0.3, 0.4) is 0 Å². The molecular formula is C56H106O6. The molecule has 0 spiro atoms. The van der Waals surface area contributed by atoms with Gasteiger partial charge in [-0.15, -0.1) is 0 Å². The summed E-state index contributed by atoms with van der Waals surface area (Å²) in [5.41, 5.74) is 0. The number of allylic oxidation sites excluding steroid dienone is 2. The molecule has 6 heteroatoms. The van der Waals surface area contributed by atoms with Crippen LogP contribution in [-0.2, 0) is 28.6 Å². The Morgan fingerprint density at radius 3 is 0.806 bits per heavy atom. The molecule has 0 aliphatic heterocycles. The summed E-state index contributed by atoms with van der Waals surface area (Å²) in [6.45, 7) is 6.67. The summed E-state index contributed by atoms with van der Waals surface area (Å²) in [5.74, 6) is -0.849. The molecule has 0 N–H and O–H groups in total. The minimum absolute atomic E-state index is 0.0660. The molecule has 0 fully saturated rings. The first-order valence-electron chi connectivity index (χ1n) is 27.7. The van der Waals surface area contributed by atoms with Gasteiger partial charge in [0.2, 0.25) is 0 Å². The van der Waals surface area contributed by atoms with Crippen LogP contribution in [0.15, 0.2) is 12.2 Å². The van der Waals surface area contributed by atoms with E-state index in [0.29, 0.717) is 19.3 Å². The molecule has 0 aliphatic rings. The molecule has 6 nitrogen and oxygen atoms in total. The Hall–Kier alpha value is -1.85. The molecule has 0 rings (SSSR count). The second-order valence-electron chi connectivity index (χ2n) is 18.9. The van der Waals surface area contributed by atoms with Crippen LogP contribution in [0.4, 0.5) is 0 Å². The van der Waals surface area contributed by atoms with Gasteiger partial charge in [-0.25, -0.2) is 0 Å². The Bertz CT molecular complexity index is 962. The summed E-state index contributed by atoms with van der Waals surface area (Å²) in [4.78, 5) is 38.0. The summed E-state index contributed by atoms with van der Waals surface area (Å²) in [7, 11) is 0. The Balaban J connectivity index is 4.32. The van der Waals surface area contributed by atoms with Crippen molar-refractivity contribution in [1.82, 2.24) is 0 Å². The summed E-state index contributed by atoms with van der Waals surface area (Å²) < 4.78 is 16.8. The smallest absolute Gasteiger partial charge is 0.306 e. The van der Waals surface area contributed by atoms with Crippen molar-refractivity contribution >= 4 is 17.9 Å². The van der Waals surface area contributed by atoms with Gasteiger partial charge in [0.1, 0.15) is 13.2 Å². The second kappa shape index (κ2) is 51.8. The van der Waals surface area contributed by atoms with E-state index in [2.05, 4.69) is 32.9 Å². The highest BCUT2D eigenvalue weighted by molar-refractivity contribution is 5.71. The van der Waals surface area contributed by atoms with Gasteiger partial charge in [0, 0.05) is 19.3 Å². The molecule has 1 atom stereocenters. The number of hydrogen-bond donors (Lipinski definition) is 0. The quantitative estimate of drug-likeness (QED) is 0.0262. The van der Waals surface area contributed by atoms with Crippen LogP contribution in [-0.4, -0.2) is 37.2 Å². The number of ether oxygens (including phenoxy) is 3. The van der Waals surface area contributed by atoms with Crippen molar-refractivity contribution < 1.29 is 28.6 Å². The number of unbranched alkanes of at least 4 members (excludes halogenated alkanes) is 38. The lowest BCUT2D eigenvalue weighted by Crippen LogP contribution is -2.30. The lowest BCUT2D eigenvalue weighted by molar-refractivity contribution is -0.167. The summed E-state index contributed by atoms with van der Waals surface area (Å²) in [6.07, 6.45) is 57.6. The molecule has 0 aromatic heterocycles. The average molecular weight is 875 g/mol. The Morgan fingerprint density at radius 2 is 0.532 bits per heavy atom. The minimum atomic E-state index is -0.766. The zero-order valence-corrected chi connectivity index (χ0v) is 41.9. The van der Waals surface area contributed by atoms with Crippen molar-refractivity contribution in [2.45, 2.75) is 316 Å². The molecule has 0 bridgehead atoms. The molecule has 0 radical (unpaired) electrons. The molecule has 0 aromatic carbocycles. The average Bonchev–Trinajstić information content (AvgIpc) is 3.27. The first-order chi connectivity index (χ1) is 30.5. The Kier molecular flexibility index (Phi) is 50.2. The molecule has 0 aromatic rings. The van der Waals surface area contributed by atoms with E-state index in [-0.39, 0.29) is 31.1 Å². The fourth-order valence-corrected chi connectivity index (χ4v) is 8.32. The van der Waals surface area contributed by atoms with Crippen molar-refractivity contribution in [2.24, 2.45) is 0 Å². The highest BCUT2D eigenvalue weighted by atomic mass is 16.6. The van der Waals surface area contributed by atoms with Crippen molar-refractivity contribution in [3.63, 3.8) is 0 Å². The Morgan fingerprint density at radius 1 is 0.306 bits per heavy atom. The van der Waals surface area contributed by atoms with E-state index in [0.717, 1.165) is 57.8 Å². The fraction of sp³-hybridized carbons (Fsp3) is 0.911. The van der Waals surface area contributed by atoms with E-state index in [1.165, 1.54) is 212 Å². The Labute approximate surface area is 386 Å². The van der Waals surface area contributed by atoms with Crippen LogP contribution in [0.25, 0.3) is 0 Å².